The number of nitrogens with zero attached hydrogens (tertiary/aromatic N) is 2. The topological polar surface area (TPSA) is 76.7 Å². The molecule has 2 aromatic carbocycles. The van der Waals surface area contributed by atoms with Gasteiger partial charge in [-0.15, -0.1) is 0 Å². The van der Waals surface area contributed by atoms with Gasteiger partial charge in [0.15, 0.2) is 0 Å². The molecule has 178 valence electrons. The zero-order chi connectivity index (χ0) is 23.6. The van der Waals surface area contributed by atoms with Gasteiger partial charge in [0.05, 0.1) is 5.56 Å². The van der Waals surface area contributed by atoms with Crippen molar-refractivity contribution >= 4 is 29.0 Å². The van der Waals surface area contributed by atoms with Crippen molar-refractivity contribution in [1.82, 2.24) is 10.2 Å². The van der Waals surface area contributed by atoms with E-state index in [0.29, 0.717) is 17.8 Å². The second kappa shape index (κ2) is 12.3. The molecule has 3 amide bonds. The zero-order valence-electron chi connectivity index (χ0n) is 20.1. The fourth-order valence-corrected chi connectivity index (χ4v) is 4.19. The van der Waals surface area contributed by atoms with Crippen molar-refractivity contribution in [2.24, 2.45) is 0 Å². The summed E-state index contributed by atoms with van der Waals surface area (Å²) in [6.07, 6.45) is 3.48. The maximum Gasteiger partial charge on any atom is 0.323 e. The Morgan fingerprint density at radius 2 is 1.64 bits per heavy atom. The van der Waals surface area contributed by atoms with Crippen LogP contribution < -0.4 is 20.9 Å². The van der Waals surface area contributed by atoms with Crippen LogP contribution in [0.1, 0.15) is 49.0 Å². The molecule has 0 bridgehead atoms. The van der Waals surface area contributed by atoms with Crippen molar-refractivity contribution in [3.8, 4) is 0 Å². The van der Waals surface area contributed by atoms with E-state index >= 15 is 0 Å². The van der Waals surface area contributed by atoms with E-state index in [0.717, 1.165) is 62.5 Å². The minimum absolute atomic E-state index is 0.106. The quantitative estimate of drug-likeness (QED) is 0.516. The molecule has 1 aliphatic heterocycles. The predicted octanol–water partition coefficient (Wildman–Crippen LogP) is 4.70. The first-order valence-electron chi connectivity index (χ1n) is 12.0. The molecular formula is C26H37N5O2. The number of rotatable bonds is 9. The van der Waals surface area contributed by atoms with Gasteiger partial charge in [0.2, 0.25) is 0 Å². The van der Waals surface area contributed by atoms with Crippen LogP contribution in [-0.2, 0) is 0 Å². The van der Waals surface area contributed by atoms with Crippen molar-refractivity contribution in [3.05, 3.63) is 53.6 Å². The van der Waals surface area contributed by atoms with Gasteiger partial charge in [0.25, 0.3) is 5.91 Å². The van der Waals surface area contributed by atoms with E-state index < -0.39 is 0 Å². The predicted molar refractivity (Wildman–Crippen MR) is 136 cm³/mol. The second-order valence-corrected chi connectivity index (χ2v) is 8.51. The number of benzene rings is 2. The summed E-state index contributed by atoms with van der Waals surface area (Å²) in [5.41, 5.74) is 3.92. The normalized spacial score (nSPS) is 13.6. The van der Waals surface area contributed by atoms with Crippen molar-refractivity contribution in [2.45, 2.75) is 40.0 Å². The number of nitrogens with one attached hydrogen (secondary N) is 3. The molecule has 0 saturated carbocycles. The van der Waals surface area contributed by atoms with Crippen LogP contribution >= 0.6 is 0 Å². The van der Waals surface area contributed by atoms with Crippen LogP contribution in [0.15, 0.2) is 42.5 Å². The maximum absolute atomic E-state index is 13.1. The number of anilines is 3. The maximum atomic E-state index is 13.1. The van der Waals surface area contributed by atoms with Gasteiger partial charge in [0.1, 0.15) is 0 Å². The summed E-state index contributed by atoms with van der Waals surface area (Å²) in [7, 11) is 0. The first-order valence-corrected chi connectivity index (χ1v) is 12.0. The van der Waals surface area contributed by atoms with Gasteiger partial charge >= 0.3 is 6.03 Å². The summed E-state index contributed by atoms with van der Waals surface area (Å²) in [6.45, 7) is 11.4. The fraction of sp³-hybridized carbons (Fsp3) is 0.462. The van der Waals surface area contributed by atoms with Crippen LogP contribution in [0.2, 0.25) is 0 Å². The number of hydrogen-bond donors (Lipinski definition) is 3. The Kier molecular flexibility index (Phi) is 9.13. The molecule has 7 nitrogen and oxygen atoms in total. The lowest BCUT2D eigenvalue weighted by Crippen LogP contribution is -2.36. The highest BCUT2D eigenvalue weighted by atomic mass is 16.2. The monoisotopic (exact) mass is 451 g/mol. The molecule has 1 heterocycles. The highest BCUT2D eigenvalue weighted by Crippen LogP contribution is 2.27. The Bertz CT molecular complexity index is 936. The Morgan fingerprint density at radius 1 is 0.939 bits per heavy atom. The Hall–Kier alpha value is -3.06. The van der Waals surface area contributed by atoms with Gasteiger partial charge in [-0.25, -0.2) is 4.79 Å². The van der Waals surface area contributed by atoms with Crippen molar-refractivity contribution < 1.29 is 9.59 Å². The van der Waals surface area contributed by atoms with Gasteiger partial charge in [-0.3, -0.25) is 4.79 Å². The summed E-state index contributed by atoms with van der Waals surface area (Å²) >= 11 is 0. The first kappa shape index (κ1) is 24.6. The molecule has 0 atom stereocenters. The molecule has 3 rings (SSSR count). The zero-order valence-corrected chi connectivity index (χ0v) is 20.1. The van der Waals surface area contributed by atoms with Crippen LogP contribution in [0.4, 0.5) is 21.9 Å². The molecule has 33 heavy (non-hydrogen) atoms. The van der Waals surface area contributed by atoms with E-state index in [-0.39, 0.29) is 11.9 Å². The number of carbonyl (C=O) groups is 2. The number of urea groups is 1. The number of likely N-dealkylation sites (N-methyl/N-ethyl adjacent to an activating group) is 1. The van der Waals surface area contributed by atoms with Crippen molar-refractivity contribution in [1.29, 1.82) is 0 Å². The van der Waals surface area contributed by atoms with Gasteiger partial charge in [0, 0.05) is 43.2 Å². The Balaban J connectivity index is 1.73. The number of amides is 3. The molecule has 0 unspecified atom stereocenters. The lowest BCUT2D eigenvalue weighted by Gasteiger charge is -2.30. The van der Waals surface area contributed by atoms with Crippen molar-refractivity contribution in [2.75, 3.05) is 54.8 Å². The van der Waals surface area contributed by atoms with Gasteiger partial charge < -0.3 is 25.8 Å². The SMILES string of the molecule is CCN(CC)CCNC(=O)c1cc(NC(=O)Nc2cccc(C)c2)ccc1N1CCCCC1. The number of hydrogen-bond acceptors (Lipinski definition) is 4. The van der Waals surface area contributed by atoms with E-state index in [9.17, 15) is 9.59 Å². The van der Waals surface area contributed by atoms with E-state index in [1.165, 1.54) is 6.42 Å². The summed E-state index contributed by atoms with van der Waals surface area (Å²) in [4.78, 5) is 30.2. The van der Waals surface area contributed by atoms with Crippen molar-refractivity contribution in [3.63, 3.8) is 0 Å². The molecule has 2 aromatic rings. The number of aryl methyl sites for hydroxylation is 1. The van der Waals surface area contributed by atoms with E-state index in [1.807, 2.05) is 43.3 Å². The third kappa shape index (κ3) is 7.22. The third-order valence-corrected chi connectivity index (χ3v) is 6.08. The highest BCUT2D eigenvalue weighted by molar-refractivity contribution is 6.04. The minimum atomic E-state index is -0.334. The second-order valence-electron chi connectivity index (χ2n) is 8.51. The fourth-order valence-electron chi connectivity index (χ4n) is 4.19. The van der Waals surface area contributed by atoms with E-state index in [1.54, 1.807) is 6.07 Å². The summed E-state index contributed by atoms with van der Waals surface area (Å²) in [6, 6.07) is 12.9. The molecule has 1 fully saturated rings. The van der Waals surface area contributed by atoms with Crippen LogP contribution in [0.5, 0.6) is 0 Å². The average Bonchev–Trinajstić information content (AvgIpc) is 2.82. The lowest BCUT2D eigenvalue weighted by molar-refractivity contribution is 0.0949. The molecule has 0 radical (unpaired) electrons. The number of carbonyl (C=O) groups excluding carboxylic acids is 2. The molecule has 7 heteroatoms. The molecule has 0 aromatic heterocycles. The molecule has 3 N–H and O–H groups in total. The average molecular weight is 452 g/mol. The molecule has 1 saturated heterocycles. The van der Waals surface area contributed by atoms with Crippen LogP contribution in [-0.4, -0.2) is 56.1 Å². The summed E-state index contributed by atoms with van der Waals surface area (Å²) in [5, 5.41) is 8.79. The van der Waals surface area contributed by atoms with E-state index in [2.05, 4.69) is 39.6 Å². The van der Waals surface area contributed by atoms with Gasteiger partial charge in [-0.05, 0) is 75.2 Å². The number of piperidine rings is 1. The summed E-state index contributed by atoms with van der Waals surface area (Å²) in [5.74, 6) is -0.106. The molecule has 0 spiro atoms. The van der Waals surface area contributed by atoms with E-state index in [4.69, 9.17) is 0 Å². The van der Waals surface area contributed by atoms with Crippen LogP contribution in [0, 0.1) is 6.92 Å². The Morgan fingerprint density at radius 3 is 2.30 bits per heavy atom. The van der Waals surface area contributed by atoms with Gasteiger partial charge in [-0.1, -0.05) is 26.0 Å². The Labute approximate surface area is 197 Å². The van der Waals surface area contributed by atoms with Gasteiger partial charge in [-0.2, -0.15) is 0 Å². The summed E-state index contributed by atoms with van der Waals surface area (Å²) < 4.78 is 0. The standard InChI is InChI=1S/C26H37N5O2/c1-4-30(5-2)17-14-27-25(32)23-19-22(12-13-24(23)31-15-7-6-8-16-31)29-26(33)28-21-11-9-10-20(3)18-21/h9-13,18-19H,4-8,14-17H2,1-3H3,(H,27,32)(H2,28,29,33). The highest BCUT2D eigenvalue weighted by Gasteiger charge is 2.20. The molecule has 0 aliphatic carbocycles. The molecular weight excluding hydrogens is 414 g/mol. The molecule has 1 aliphatic rings. The lowest BCUT2D eigenvalue weighted by atomic mass is 10.1. The minimum Gasteiger partial charge on any atom is -0.371 e. The first-order chi connectivity index (χ1) is 16.0. The third-order valence-electron chi connectivity index (χ3n) is 6.08. The largest absolute Gasteiger partial charge is 0.371 e. The smallest absolute Gasteiger partial charge is 0.323 e. The van der Waals surface area contributed by atoms with Crippen LogP contribution in [0.3, 0.4) is 0 Å². The van der Waals surface area contributed by atoms with Crippen LogP contribution in [0.25, 0.3) is 0 Å².